The topological polar surface area (TPSA) is 76.6 Å². The Kier molecular flexibility index (Phi) is 6.88. The summed E-state index contributed by atoms with van der Waals surface area (Å²) in [4.78, 5) is 19.4. The molecule has 9 heteroatoms. The second kappa shape index (κ2) is 10.4. The molecule has 2 aromatic carbocycles. The van der Waals surface area contributed by atoms with E-state index in [9.17, 15) is 8.78 Å². The van der Waals surface area contributed by atoms with Gasteiger partial charge in [0, 0.05) is 44.3 Å². The normalized spacial score (nSPS) is 14.7. The van der Waals surface area contributed by atoms with E-state index in [2.05, 4.69) is 31.8 Å². The molecule has 0 unspecified atom stereocenters. The molecule has 0 bridgehead atoms. The van der Waals surface area contributed by atoms with Crippen molar-refractivity contribution in [2.24, 2.45) is 10.9 Å². The predicted molar refractivity (Wildman–Crippen MR) is 135 cm³/mol. The first-order valence-electron chi connectivity index (χ1n) is 12.0. The van der Waals surface area contributed by atoms with E-state index in [0.717, 1.165) is 43.5 Å². The molecule has 4 aromatic rings. The Labute approximate surface area is 207 Å². The molecule has 0 saturated carbocycles. The van der Waals surface area contributed by atoms with Gasteiger partial charge in [-0.25, -0.2) is 23.7 Å². The molecule has 1 fully saturated rings. The van der Waals surface area contributed by atoms with Crippen LogP contribution in [0.3, 0.4) is 0 Å². The Bertz CT molecular complexity index is 1360. The van der Waals surface area contributed by atoms with Crippen LogP contribution in [0.5, 0.6) is 5.75 Å². The number of halogens is 2. The van der Waals surface area contributed by atoms with E-state index in [-0.39, 0.29) is 29.7 Å². The summed E-state index contributed by atoms with van der Waals surface area (Å²) in [6.07, 6.45) is 7.96. The first-order chi connectivity index (χ1) is 17.5. The first-order valence-corrected chi connectivity index (χ1v) is 12.0. The Balaban J connectivity index is 1.22. The molecule has 0 aliphatic carbocycles. The predicted octanol–water partition coefficient (Wildman–Crippen LogP) is 5.47. The molecule has 1 saturated heterocycles. The lowest BCUT2D eigenvalue weighted by Crippen LogP contribution is -2.36. The first kappa shape index (κ1) is 23.8. The number of hydrogen-bond donors (Lipinski definition) is 0. The van der Waals surface area contributed by atoms with Gasteiger partial charge in [0.2, 0.25) is 11.8 Å². The summed E-state index contributed by atoms with van der Waals surface area (Å²) in [5, 5.41) is 0. The fourth-order valence-electron chi connectivity index (χ4n) is 4.31. The SMILES string of the molecule is CCc1cnc(N2CCC(COc3c(F)cc(-c4nc5cc(C=NC)ccc5o4)cc3F)CC2)nc1. The van der Waals surface area contributed by atoms with Gasteiger partial charge in [-0.1, -0.05) is 6.92 Å². The van der Waals surface area contributed by atoms with Gasteiger partial charge in [-0.3, -0.25) is 4.99 Å². The Morgan fingerprint density at radius 1 is 1.11 bits per heavy atom. The van der Waals surface area contributed by atoms with E-state index in [4.69, 9.17) is 9.15 Å². The van der Waals surface area contributed by atoms with Crippen LogP contribution in [0.2, 0.25) is 0 Å². The molecular formula is C27H27F2N5O2. The zero-order chi connectivity index (χ0) is 25.1. The third kappa shape index (κ3) is 5.05. The van der Waals surface area contributed by atoms with Crippen LogP contribution in [0.1, 0.15) is 30.9 Å². The maximum Gasteiger partial charge on any atom is 0.227 e. The number of rotatable bonds is 7. The van der Waals surface area contributed by atoms with Crippen molar-refractivity contribution in [3.63, 3.8) is 0 Å². The number of ether oxygens (including phenoxy) is 1. The molecule has 0 atom stereocenters. The lowest BCUT2D eigenvalue weighted by molar-refractivity contribution is 0.207. The van der Waals surface area contributed by atoms with Crippen LogP contribution >= 0.6 is 0 Å². The van der Waals surface area contributed by atoms with E-state index < -0.39 is 11.6 Å². The van der Waals surface area contributed by atoms with Crippen LogP contribution in [0.4, 0.5) is 14.7 Å². The van der Waals surface area contributed by atoms with Gasteiger partial charge in [0.1, 0.15) is 5.52 Å². The lowest BCUT2D eigenvalue weighted by Gasteiger charge is -2.31. The standard InChI is InChI=1S/C27H27F2N5O2/c1-3-17-14-31-27(32-15-17)34-8-6-18(7-9-34)16-35-25-21(28)11-20(12-22(25)29)26-33-23-10-19(13-30-2)4-5-24(23)36-26/h4-5,10-15,18H,3,6-9,16H2,1-2H3. The minimum atomic E-state index is -0.784. The summed E-state index contributed by atoms with van der Waals surface area (Å²) in [6, 6.07) is 7.78. The minimum absolute atomic E-state index is 0.140. The fourth-order valence-corrected chi connectivity index (χ4v) is 4.31. The molecule has 0 radical (unpaired) electrons. The van der Waals surface area contributed by atoms with Gasteiger partial charge in [-0.2, -0.15) is 0 Å². The summed E-state index contributed by atoms with van der Waals surface area (Å²) >= 11 is 0. The average molecular weight is 492 g/mol. The highest BCUT2D eigenvalue weighted by Crippen LogP contribution is 2.31. The molecule has 186 valence electrons. The number of hydrogen-bond acceptors (Lipinski definition) is 7. The third-order valence-electron chi connectivity index (χ3n) is 6.40. The maximum absolute atomic E-state index is 14.8. The molecule has 0 amide bonds. The molecule has 2 aromatic heterocycles. The van der Waals surface area contributed by atoms with Crippen molar-refractivity contribution in [3.05, 3.63) is 65.5 Å². The number of aryl methyl sites for hydroxylation is 1. The summed E-state index contributed by atoms with van der Waals surface area (Å²) < 4.78 is 41.0. The van der Waals surface area contributed by atoms with E-state index >= 15 is 0 Å². The second-order valence-corrected chi connectivity index (χ2v) is 8.89. The largest absolute Gasteiger partial charge is 0.487 e. The Hall–Kier alpha value is -3.88. The van der Waals surface area contributed by atoms with Gasteiger partial charge in [-0.05, 0) is 66.6 Å². The fraction of sp³-hybridized carbons (Fsp3) is 0.333. The van der Waals surface area contributed by atoms with Gasteiger partial charge < -0.3 is 14.1 Å². The van der Waals surface area contributed by atoms with Crippen LogP contribution in [-0.2, 0) is 6.42 Å². The maximum atomic E-state index is 14.8. The van der Waals surface area contributed by atoms with E-state index in [1.807, 2.05) is 18.5 Å². The number of benzene rings is 2. The zero-order valence-electron chi connectivity index (χ0n) is 20.2. The van der Waals surface area contributed by atoms with Crippen molar-refractivity contribution in [2.75, 3.05) is 31.6 Å². The van der Waals surface area contributed by atoms with Gasteiger partial charge in [-0.15, -0.1) is 0 Å². The summed E-state index contributed by atoms with van der Waals surface area (Å²) in [7, 11) is 1.68. The van der Waals surface area contributed by atoms with E-state index in [0.29, 0.717) is 17.0 Å². The number of oxazole rings is 1. The van der Waals surface area contributed by atoms with E-state index in [1.165, 1.54) is 12.1 Å². The molecule has 3 heterocycles. The van der Waals surface area contributed by atoms with Gasteiger partial charge >= 0.3 is 0 Å². The van der Waals surface area contributed by atoms with E-state index in [1.54, 1.807) is 25.4 Å². The van der Waals surface area contributed by atoms with Crippen LogP contribution < -0.4 is 9.64 Å². The van der Waals surface area contributed by atoms with Crippen molar-refractivity contribution < 1.29 is 17.9 Å². The quantitative estimate of drug-likeness (QED) is 0.319. The van der Waals surface area contributed by atoms with Crippen molar-refractivity contribution in [1.29, 1.82) is 0 Å². The van der Waals surface area contributed by atoms with Crippen LogP contribution in [0.15, 0.2) is 52.1 Å². The summed E-state index contributed by atoms with van der Waals surface area (Å²) in [6.45, 7) is 3.85. The zero-order valence-corrected chi connectivity index (χ0v) is 20.2. The highest BCUT2D eigenvalue weighted by Gasteiger charge is 2.23. The highest BCUT2D eigenvalue weighted by atomic mass is 19.1. The monoisotopic (exact) mass is 491 g/mol. The van der Waals surface area contributed by atoms with Crippen LogP contribution in [-0.4, -0.2) is 47.9 Å². The van der Waals surface area contributed by atoms with Gasteiger partial charge in [0.25, 0.3) is 0 Å². The number of aliphatic imine (C=N–C) groups is 1. The third-order valence-corrected chi connectivity index (χ3v) is 6.40. The Morgan fingerprint density at radius 2 is 1.83 bits per heavy atom. The summed E-state index contributed by atoms with van der Waals surface area (Å²) in [5.74, 6) is -0.903. The molecule has 7 nitrogen and oxygen atoms in total. The second-order valence-electron chi connectivity index (χ2n) is 8.89. The lowest BCUT2D eigenvalue weighted by atomic mass is 9.98. The number of anilines is 1. The molecule has 1 aliphatic rings. The number of piperidine rings is 1. The molecule has 1 aliphatic heterocycles. The van der Waals surface area contributed by atoms with Crippen LogP contribution in [0, 0.1) is 17.6 Å². The van der Waals surface area contributed by atoms with Gasteiger partial charge in [0.05, 0.1) is 6.61 Å². The molecule has 36 heavy (non-hydrogen) atoms. The highest BCUT2D eigenvalue weighted by molar-refractivity contribution is 5.87. The number of fused-ring (bicyclic) bond motifs is 1. The van der Waals surface area contributed by atoms with Crippen molar-refractivity contribution in [3.8, 4) is 17.2 Å². The minimum Gasteiger partial charge on any atom is -0.487 e. The smallest absolute Gasteiger partial charge is 0.227 e. The Morgan fingerprint density at radius 3 is 2.50 bits per heavy atom. The average Bonchev–Trinajstić information content (AvgIpc) is 3.32. The number of nitrogens with zero attached hydrogens (tertiary/aromatic N) is 5. The molecule has 0 spiro atoms. The molecule has 5 rings (SSSR count). The molecule has 0 N–H and O–H groups in total. The summed E-state index contributed by atoms with van der Waals surface area (Å²) in [5.41, 5.74) is 3.28. The van der Waals surface area contributed by atoms with Crippen LogP contribution in [0.25, 0.3) is 22.6 Å². The van der Waals surface area contributed by atoms with Crippen molar-refractivity contribution in [1.82, 2.24) is 15.0 Å². The number of aromatic nitrogens is 3. The molecular weight excluding hydrogens is 464 g/mol. The van der Waals surface area contributed by atoms with Gasteiger partial charge in [0.15, 0.2) is 23.0 Å². The van der Waals surface area contributed by atoms with Crippen molar-refractivity contribution in [2.45, 2.75) is 26.2 Å². The van der Waals surface area contributed by atoms with Crippen molar-refractivity contribution >= 4 is 23.3 Å².